The minimum atomic E-state index is -0.669. The molecule has 10 heteroatoms. The molecule has 5 rings (SSSR count). The number of hydrogen-bond acceptors (Lipinski definition) is 6. The molecule has 1 saturated heterocycles. The zero-order chi connectivity index (χ0) is 22.4. The third-order valence-corrected chi connectivity index (χ3v) is 6.60. The van der Waals surface area contributed by atoms with Crippen LogP contribution < -0.4 is 10.6 Å². The van der Waals surface area contributed by atoms with Gasteiger partial charge in [-0.2, -0.15) is 5.10 Å². The minimum Gasteiger partial charge on any atom is -0.364 e. The van der Waals surface area contributed by atoms with Crippen LogP contribution in [0.15, 0.2) is 35.6 Å². The molecule has 2 fully saturated rings. The van der Waals surface area contributed by atoms with Crippen LogP contribution in [-0.4, -0.2) is 46.1 Å². The fourth-order valence-electron chi connectivity index (χ4n) is 5.16. The Balaban J connectivity index is 1.26. The van der Waals surface area contributed by atoms with Crippen molar-refractivity contribution in [2.45, 2.75) is 25.3 Å². The summed E-state index contributed by atoms with van der Waals surface area (Å²) in [6.45, 7) is 1.39. The number of rotatable bonds is 4. The summed E-state index contributed by atoms with van der Waals surface area (Å²) in [4.78, 5) is 35.2. The van der Waals surface area contributed by atoms with Crippen molar-refractivity contribution in [3.8, 4) is 0 Å². The smallest absolute Gasteiger partial charge is 0.267 e. The van der Waals surface area contributed by atoms with Gasteiger partial charge in [0.15, 0.2) is 0 Å². The predicted octanol–water partition coefficient (Wildman–Crippen LogP) is 2.28. The van der Waals surface area contributed by atoms with Gasteiger partial charge >= 0.3 is 0 Å². The molecule has 0 radical (unpaired) electrons. The number of amides is 2. The number of anilines is 1. The summed E-state index contributed by atoms with van der Waals surface area (Å²) < 4.78 is 27.4. The van der Waals surface area contributed by atoms with Crippen molar-refractivity contribution in [1.29, 1.82) is 0 Å². The van der Waals surface area contributed by atoms with Crippen molar-refractivity contribution in [1.82, 2.24) is 15.0 Å². The molecular weight excluding hydrogens is 418 g/mol. The summed E-state index contributed by atoms with van der Waals surface area (Å²) in [5.41, 5.74) is 5.89. The second kappa shape index (κ2) is 7.92. The van der Waals surface area contributed by atoms with E-state index in [1.807, 2.05) is 4.90 Å². The molecule has 2 aliphatic heterocycles. The van der Waals surface area contributed by atoms with Crippen molar-refractivity contribution in [3.05, 3.63) is 53.4 Å². The summed E-state index contributed by atoms with van der Waals surface area (Å²) in [5, 5.41) is 5.61. The van der Waals surface area contributed by atoms with Crippen LogP contribution >= 0.6 is 0 Å². The van der Waals surface area contributed by atoms with Crippen LogP contribution in [0.3, 0.4) is 0 Å². The van der Waals surface area contributed by atoms with Crippen LogP contribution in [0.2, 0.25) is 0 Å². The van der Waals surface area contributed by atoms with Gasteiger partial charge in [0.1, 0.15) is 17.3 Å². The second-order valence-electron chi connectivity index (χ2n) is 8.63. The van der Waals surface area contributed by atoms with E-state index in [0.717, 1.165) is 6.07 Å². The number of nitrogens with two attached hydrogens (primary N) is 1. The van der Waals surface area contributed by atoms with E-state index in [1.165, 1.54) is 29.4 Å². The van der Waals surface area contributed by atoms with Crippen molar-refractivity contribution in [2.24, 2.45) is 28.6 Å². The number of benzene rings is 1. The molecule has 3 heterocycles. The molecule has 32 heavy (non-hydrogen) atoms. The fourth-order valence-corrected chi connectivity index (χ4v) is 5.16. The third-order valence-electron chi connectivity index (χ3n) is 6.60. The van der Waals surface area contributed by atoms with Gasteiger partial charge in [-0.25, -0.2) is 23.8 Å². The summed E-state index contributed by atoms with van der Waals surface area (Å²) in [7, 11) is 0. The number of hydrogen-bond donors (Lipinski definition) is 1. The Hall–Kier alpha value is -3.43. The SMILES string of the molecule is NC(=O)c1ccnc(N2C[C@@H]3CC(C(=O)N4N=CC[C@@H]4c4cc(F)cc(F)c4)C[C@H]3C2)n1. The highest BCUT2D eigenvalue weighted by Gasteiger charge is 2.46. The Bertz CT molecular complexity index is 1080. The molecule has 3 atom stereocenters. The van der Waals surface area contributed by atoms with E-state index in [0.29, 0.717) is 55.7 Å². The van der Waals surface area contributed by atoms with Gasteiger partial charge in [-0.05, 0) is 48.4 Å². The van der Waals surface area contributed by atoms with Crippen molar-refractivity contribution in [3.63, 3.8) is 0 Å². The molecular formula is C22H22F2N6O2. The first-order chi connectivity index (χ1) is 15.4. The number of carbonyl (C=O) groups is 2. The van der Waals surface area contributed by atoms with Crippen LogP contribution in [0.4, 0.5) is 14.7 Å². The van der Waals surface area contributed by atoms with Crippen LogP contribution in [-0.2, 0) is 4.79 Å². The number of halogens is 2. The van der Waals surface area contributed by atoms with Crippen molar-refractivity contribution < 1.29 is 18.4 Å². The van der Waals surface area contributed by atoms with Crippen LogP contribution in [0.1, 0.15) is 41.4 Å². The van der Waals surface area contributed by atoms with Crippen LogP contribution in [0.5, 0.6) is 0 Å². The van der Waals surface area contributed by atoms with E-state index in [1.54, 1.807) is 6.21 Å². The molecule has 3 aliphatic rings. The normalized spacial score (nSPS) is 24.9. The number of fused-ring (bicyclic) bond motifs is 1. The minimum absolute atomic E-state index is 0.110. The van der Waals surface area contributed by atoms with Gasteiger partial charge in [0.2, 0.25) is 11.9 Å². The molecule has 2 N–H and O–H groups in total. The summed E-state index contributed by atoms with van der Waals surface area (Å²) in [5.74, 6) is -1.19. The summed E-state index contributed by atoms with van der Waals surface area (Å²) >= 11 is 0. The number of nitrogens with zero attached hydrogens (tertiary/aromatic N) is 5. The average molecular weight is 440 g/mol. The Morgan fingerprint density at radius 2 is 1.75 bits per heavy atom. The Labute approximate surface area is 183 Å². The Morgan fingerprint density at radius 1 is 1.06 bits per heavy atom. The van der Waals surface area contributed by atoms with Gasteiger partial charge in [-0.15, -0.1) is 0 Å². The van der Waals surface area contributed by atoms with E-state index in [9.17, 15) is 18.4 Å². The monoisotopic (exact) mass is 440 g/mol. The predicted molar refractivity (Wildman–Crippen MR) is 112 cm³/mol. The van der Waals surface area contributed by atoms with E-state index < -0.39 is 23.6 Å². The lowest BCUT2D eigenvalue weighted by Gasteiger charge is -2.26. The van der Waals surface area contributed by atoms with Gasteiger partial charge in [-0.3, -0.25) is 9.59 Å². The lowest BCUT2D eigenvalue weighted by atomic mass is 10.0. The number of hydrazone groups is 1. The van der Waals surface area contributed by atoms with E-state index in [4.69, 9.17) is 5.73 Å². The van der Waals surface area contributed by atoms with E-state index in [2.05, 4.69) is 15.1 Å². The summed E-state index contributed by atoms with van der Waals surface area (Å²) in [6.07, 6.45) is 4.96. The second-order valence-corrected chi connectivity index (χ2v) is 8.63. The van der Waals surface area contributed by atoms with E-state index >= 15 is 0 Å². The van der Waals surface area contributed by atoms with E-state index in [-0.39, 0.29) is 17.5 Å². The molecule has 1 aromatic carbocycles. The highest BCUT2D eigenvalue weighted by Crippen LogP contribution is 2.44. The van der Waals surface area contributed by atoms with Crippen molar-refractivity contribution >= 4 is 24.0 Å². The highest BCUT2D eigenvalue weighted by atomic mass is 19.1. The third kappa shape index (κ3) is 3.69. The fraction of sp³-hybridized carbons (Fsp3) is 0.409. The first kappa shape index (κ1) is 20.5. The molecule has 1 aromatic heterocycles. The first-order valence-corrected chi connectivity index (χ1v) is 10.6. The largest absolute Gasteiger partial charge is 0.364 e. The van der Waals surface area contributed by atoms with Gasteiger partial charge < -0.3 is 10.6 Å². The van der Waals surface area contributed by atoms with Gasteiger partial charge in [0, 0.05) is 43.9 Å². The molecule has 2 aromatic rings. The first-order valence-electron chi connectivity index (χ1n) is 10.6. The van der Waals surface area contributed by atoms with Crippen LogP contribution in [0.25, 0.3) is 0 Å². The molecule has 1 aliphatic carbocycles. The lowest BCUT2D eigenvalue weighted by Crippen LogP contribution is -2.33. The molecule has 166 valence electrons. The summed E-state index contributed by atoms with van der Waals surface area (Å²) in [6, 6.07) is 4.32. The molecule has 1 saturated carbocycles. The Kier molecular flexibility index (Phi) is 5.07. The zero-order valence-corrected chi connectivity index (χ0v) is 17.2. The maximum atomic E-state index is 13.7. The molecule has 0 bridgehead atoms. The molecule has 0 spiro atoms. The van der Waals surface area contributed by atoms with Gasteiger partial charge in [-0.1, -0.05) is 0 Å². The quantitative estimate of drug-likeness (QED) is 0.785. The number of aromatic nitrogens is 2. The zero-order valence-electron chi connectivity index (χ0n) is 17.2. The number of primary amides is 1. The van der Waals surface area contributed by atoms with Crippen LogP contribution in [0, 0.1) is 29.4 Å². The molecule has 0 unspecified atom stereocenters. The van der Waals surface area contributed by atoms with Gasteiger partial charge in [0.05, 0.1) is 6.04 Å². The highest BCUT2D eigenvalue weighted by molar-refractivity contribution is 5.90. The van der Waals surface area contributed by atoms with Gasteiger partial charge in [0.25, 0.3) is 5.91 Å². The lowest BCUT2D eigenvalue weighted by molar-refractivity contribution is -0.137. The molecule has 8 nitrogen and oxygen atoms in total. The Morgan fingerprint density at radius 3 is 2.41 bits per heavy atom. The topological polar surface area (TPSA) is 105 Å². The van der Waals surface area contributed by atoms with Crippen molar-refractivity contribution in [2.75, 3.05) is 18.0 Å². The molecule has 2 amide bonds. The standard InChI is InChI=1S/C22H22F2N6O2/c23-16-7-12(8-17(24)9-16)19-2-4-27-30(19)21(32)13-5-14-10-29(11-15(14)6-13)22-26-3-1-18(28-22)20(25)31/h1,3-4,7-9,13-15,19H,2,5-6,10-11H2,(H2,25,31)/t14-,15-,19+/m0/s1. The maximum absolute atomic E-state index is 13.7. The average Bonchev–Trinajstić information content (AvgIpc) is 3.47. The number of carbonyl (C=O) groups excluding carboxylic acids is 2. The maximum Gasteiger partial charge on any atom is 0.267 e.